The van der Waals surface area contributed by atoms with Crippen LogP contribution in [-0.2, 0) is 28.6 Å². The Balaban J connectivity index is 2.30. The Morgan fingerprint density at radius 3 is 2.08 bits per heavy atom. The van der Waals surface area contributed by atoms with Gasteiger partial charge in [-0.2, -0.15) is 0 Å². The largest absolute Gasteiger partial charge is 0.468 e. The number of hydrogen-bond acceptors (Lipinski definition) is 7. The van der Waals surface area contributed by atoms with Crippen LogP contribution >= 0.6 is 0 Å². The van der Waals surface area contributed by atoms with E-state index in [1.165, 1.54) is 21.1 Å². The van der Waals surface area contributed by atoms with E-state index in [-0.39, 0.29) is 25.0 Å². The van der Waals surface area contributed by atoms with Gasteiger partial charge in [0.1, 0.15) is 11.9 Å². The second kappa shape index (κ2) is 8.12. The van der Waals surface area contributed by atoms with Crippen molar-refractivity contribution in [3.8, 4) is 0 Å². The molecule has 0 amide bonds. The van der Waals surface area contributed by atoms with Crippen LogP contribution in [0.1, 0.15) is 36.5 Å². The highest BCUT2D eigenvalue weighted by Gasteiger charge is 2.58. The summed E-state index contributed by atoms with van der Waals surface area (Å²) >= 11 is 0. The third-order valence-corrected chi connectivity index (χ3v) is 4.66. The zero-order chi connectivity index (χ0) is 19.3. The number of methoxy groups -OCH3 is 2. The number of carbonyl (C=O) groups excluding carboxylic acids is 4. The van der Waals surface area contributed by atoms with Crippen LogP contribution in [0.15, 0.2) is 30.3 Å². The molecule has 7 nitrogen and oxygen atoms in total. The molecule has 1 fully saturated rings. The van der Waals surface area contributed by atoms with Crippen molar-refractivity contribution in [2.75, 3.05) is 14.2 Å². The average molecular weight is 362 g/mol. The Labute approximate surface area is 151 Å². The molecule has 0 heterocycles. The molecule has 1 aliphatic rings. The second-order valence-corrected chi connectivity index (χ2v) is 6.45. The predicted molar refractivity (Wildman–Crippen MR) is 90.1 cm³/mol. The standard InChI is InChI=1S/C19H22O7/c1-12(20)9-14-10-19(17(22)24-2,18(23)25-3)11-15(14)26-16(21)13-7-5-4-6-8-13/h4-8,14-15H,9-11H2,1-3H3/t14-,15+/m1/s1. The summed E-state index contributed by atoms with van der Waals surface area (Å²) in [6, 6.07) is 8.37. The molecule has 1 aromatic rings. The van der Waals surface area contributed by atoms with E-state index in [1.54, 1.807) is 30.3 Å². The van der Waals surface area contributed by atoms with Crippen molar-refractivity contribution in [1.29, 1.82) is 0 Å². The molecule has 2 rings (SSSR count). The van der Waals surface area contributed by atoms with Crippen LogP contribution in [0.2, 0.25) is 0 Å². The van der Waals surface area contributed by atoms with Crippen LogP contribution in [0.25, 0.3) is 0 Å². The molecule has 0 spiro atoms. The molecule has 0 N–H and O–H groups in total. The fourth-order valence-corrected chi connectivity index (χ4v) is 3.47. The molecule has 0 unspecified atom stereocenters. The van der Waals surface area contributed by atoms with Gasteiger partial charge in [-0.25, -0.2) is 4.79 Å². The zero-order valence-corrected chi connectivity index (χ0v) is 15.0. The van der Waals surface area contributed by atoms with Crippen LogP contribution in [0.3, 0.4) is 0 Å². The lowest BCUT2D eigenvalue weighted by molar-refractivity contribution is -0.169. The minimum atomic E-state index is -1.58. The first-order valence-corrected chi connectivity index (χ1v) is 8.26. The van der Waals surface area contributed by atoms with Crippen LogP contribution in [0.5, 0.6) is 0 Å². The van der Waals surface area contributed by atoms with Crippen LogP contribution in [0, 0.1) is 11.3 Å². The summed E-state index contributed by atoms with van der Waals surface area (Å²) in [5.74, 6) is -2.68. The highest BCUT2D eigenvalue weighted by atomic mass is 16.6. The summed E-state index contributed by atoms with van der Waals surface area (Å²) in [4.78, 5) is 48.6. The van der Waals surface area contributed by atoms with Gasteiger partial charge in [0, 0.05) is 18.8 Å². The molecule has 2 atom stereocenters. The van der Waals surface area contributed by atoms with E-state index in [2.05, 4.69) is 0 Å². The lowest BCUT2D eigenvalue weighted by atomic mass is 9.84. The summed E-state index contributed by atoms with van der Waals surface area (Å²) in [5, 5.41) is 0. The molecule has 0 radical (unpaired) electrons. The first-order valence-electron chi connectivity index (χ1n) is 8.26. The summed E-state index contributed by atoms with van der Waals surface area (Å²) in [7, 11) is 2.35. The summed E-state index contributed by atoms with van der Waals surface area (Å²) in [6.45, 7) is 1.41. The lowest BCUT2D eigenvalue weighted by Gasteiger charge is -2.22. The molecular weight excluding hydrogens is 340 g/mol. The van der Waals surface area contributed by atoms with Crippen molar-refractivity contribution in [1.82, 2.24) is 0 Å². The summed E-state index contributed by atoms with van der Waals surface area (Å²) in [5.41, 5.74) is -1.23. The fraction of sp³-hybridized carbons (Fsp3) is 0.474. The maximum atomic E-state index is 12.4. The Hall–Kier alpha value is -2.70. The highest BCUT2D eigenvalue weighted by Crippen LogP contribution is 2.47. The van der Waals surface area contributed by atoms with Crippen LogP contribution in [-0.4, -0.2) is 44.0 Å². The van der Waals surface area contributed by atoms with Gasteiger partial charge in [-0.05, 0) is 25.5 Å². The molecule has 1 aliphatic carbocycles. The number of rotatable bonds is 6. The van der Waals surface area contributed by atoms with Crippen molar-refractivity contribution in [2.24, 2.45) is 11.3 Å². The number of ether oxygens (including phenoxy) is 3. The molecule has 140 valence electrons. The fourth-order valence-electron chi connectivity index (χ4n) is 3.47. The maximum absolute atomic E-state index is 12.4. The zero-order valence-electron chi connectivity index (χ0n) is 15.0. The number of benzene rings is 1. The topological polar surface area (TPSA) is 96.0 Å². The van der Waals surface area contributed by atoms with E-state index in [0.717, 1.165) is 0 Å². The van der Waals surface area contributed by atoms with Crippen molar-refractivity contribution < 1.29 is 33.4 Å². The van der Waals surface area contributed by atoms with Gasteiger partial charge in [-0.3, -0.25) is 9.59 Å². The van der Waals surface area contributed by atoms with E-state index >= 15 is 0 Å². The van der Waals surface area contributed by atoms with Crippen LogP contribution in [0.4, 0.5) is 0 Å². The second-order valence-electron chi connectivity index (χ2n) is 6.45. The maximum Gasteiger partial charge on any atom is 0.338 e. The Morgan fingerprint density at radius 1 is 1.00 bits per heavy atom. The van der Waals surface area contributed by atoms with E-state index < -0.39 is 35.3 Å². The first kappa shape index (κ1) is 19.6. The van der Waals surface area contributed by atoms with Gasteiger partial charge in [0.2, 0.25) is 0 Å². The van der Waals surface area contributed by atoms with Gasteiger partial charge in [-0.1, -0.05) is 18.2 Å². The number of carbonyl (C=O) groups is 4. The monoisotopic (exact) mass is 362 g/mol. The van der Waals surface area contributed by atoms with Gasteiger partial charge in [0.15, 0.2) is 5.41 Å². The molecule has 1 saturated carbocycles. The molecule has 0 aliphatic heterocycles. The summed E-state index contributed by atoms with van der Waals surface area (Å²) in [6.07, 6.45) is -0.742. The molecule has 0 aromatic heterocycles. The van der Waals surface area contributed by atoms with E-state index in [1.807, 2.05) is 0 Å². The quantitative estimate of drug-likeness (QED) is 0.433. The SMILES string of the molecule is COC(=O)C1(C(=O)OC)C[C@@H](CC(C)=O)[C@@H](OC(=O)c2ccccc2)C1. The lowest BCUT2D eigenvalue weighted by Crippen LogP contribution is -2.39. The third kappa shape index (κ3) is 3.92. The Morgan fingerprint density at radius 2 is 1.58 bits per heavy atom. The van der Waals surface area contributed by atoms with E-state index in [0.29, 0.717) is 5.56 Å². The van der Waals surface area contributed by atoms with E-state index in [9.17, 15) is 19.2 Å². The molecule has 0 bridgehead atoms. The summed E-state index contributed by atoms with van der Waals surface area (Å²) < 4.78 is 15.1. The molecule has 7 heteroatoms. The van der Waals surface area contributed by atoms with Crippen molar-refractivity contribution in [3.63, 3.8) is 0 Å². The van der Waals surface area contributed by atoms with Gasteiger partial charge >= 0.3 is 17.9 Å². The Kier molecular flexibility index (Phi) is 6.13. The molecular formula is C19H22O7. The molecule has 26 heavy (non-hydrogen) atoms. The van der Waals surface area contributed by atoms with Gasteiger partial charge in [0.25, 0.3) is 0 Å². The minimum absolute atomic E-state index is 0.0265. The smallest absolute Gasteiger partial charge is 0.338 e. The third-order valence-electron chi connectivity index (χ3n) is 4.66. The van der Waals surface area contributed by atoms with Crippen molar-refractivity contribution >= 4 is 23.7 Å². The number of hydrogen-bond donors (Lipinski definition) is 0. The van der Waals surface area contributed by atoms with Crippen LogP contribution < -0.4 is 0 Å². The predicted octanol–water partition coefficient (Wildman–Crippen LogP) is 1.93. The van der Waals surface area contributed by atoms with Crippen molar-refractivity contribution in [2.45, 2.75) is 32.3 Å². The normalized spacial score (nSPS) is 20.9. The van der Waals surface area contributed by atoms with Gasteiger partial charge in [-0.15, -0.1) is 0 Å². The molecule has 0 saturated heterocycles. The van der Waals surface area contributed by atoms with Crippen molar-refractivity contribution in [3.05, 3.63) is 35.9 Å². The van der Waals surface area contributed by atoms with Gasteiger partial charge in [0.05, 0.1) is 19.8 Å². The minimum Gasteiger partial charge on any atom is -0.468 e. The number of ketones is 1. The average Bonchev–Trinajstić information content (AvgIpc) is 2.99. The van der Waals surface area contributed by atoms with E-state index in [4.69, 9.17) is 14.2 Å². The Bertz CT molecular complexity index is 679. The first-order chi connectivity index (χ1) is 12.3. The number of esters is 3. The highest BCUT2D eigenvalue weighted by molar-refractivity contribution is 6.00. The molecule has 1 aromatic carbocycles. The number of Topliss-reactive ketones (excluding diaryl/α,β-unsaturated/α-hetero) is 1. The van der Waals surface area contributed by atoms with Gasteiger partial charge < -0.3 is 19.0 Å².